The number of hydrogen-bond acceptors (Lipinski definition) is 4. The maximum absolute atomic E-state index is 12.2. The predicted molar refractivity (Wildman–Crippen MR) is 107 cm³/mol. The maximum Gasteiger partial charge on any atom is 0.254 e. The number of carbonyl (C=O) groups is 1. The number of carbonyl (C=O) groups excluding carboxylic acids is 1. The van der Waals surface area contributed by atoms with Gasteiger partial charge in [0, 0.05) is 17.1 Å². The molecule has 0 radical (unpaired) electrons. The van der Waals surface area contributed by atoms with Crippen molar-refractivity contribution >= 4 is 22.6 Å². The maximum atomic E-state index is 12.2. The third-order valence-corrected chi connectivity index (χ3v) is 5.48. The Bertz CT molecular complexity index is 999. The molecule has 0 unspecified atom stereocenters. The molecular formula is C21H25N5O. The average molecular weight is 363 g/mol. The largest absolute Gasteiger partial charge is 0.383 e. The van der Waals surface area contributed by atoms with E-state index in [1.165, 1.54) is 12.8 Å². The van der Waals surface area contributed by atoms with Gasteiger partial charge in [-0.3, -0.25) is 9.78 Å². The number of amides is 1. The van der Waals surface area contributed by atoms with Crippen molar-refractivity contribution in [2.45, 2.75) is 51.5 Å². The monoisotopic (exact) mass is 363 g/mol. The molecule has 4 N–H and O–H groups in total. The molecule has 3 aromatic rings. The van der Waals surface area contributed by atoms with Crippen LogP contribution >= 0.6 is 0 Å². The van der Waals surface area contributed by atoms with E-state index >= 15 is 0 Å². The van der Waals surface area contributed by atoms with E-state index in [-0.39, 0.29) is 6.04 Å². The Morgan fingerprint density at radius 3 is 2.59 bits per heavy atom. The van der Waals surface area contributed by atoms with Crippen molar-refractivity contribution in [3.8, 4) is 11.3 Å². The number of primary amides is 1. The molecule has 1 saturated carbocycles. The Hall–Kier alpha value is -2.89. The molecule has 6 nitrogen and oxygen atoms in total. The molecule has 1 fully saturated rings. The number of pyridine rings is 1. The van der Waals surface area contributed by atoms with Gasteiger partial charge < -0.3 is 11.5 Å². The summed E-state index contributed by atoms with van der Waals surface area (Å²) in [6, 6.07) is 8.31. The van der Waals surface area contributed by atoms with Crippen LogP contribution in [0.3, 0.4) is 0 Å². The summed E-state index contributed by atoms with van der Waals surface area (Å²) in [4.78, 5) is 16.7. The average Bonchev–Trinajstić information content (AvgIpc) is 2.82. The lowest BCUT2D eigenvalue weighted by Gasteiger charge is -2.16. The highest BCUT2D eigenvalue weighted by atomic mass is 16.1. The molecular weight excluding hydrogens is 338 g/mol. The molecule has 1 aliphatic rings. The number of rotatable bonds is 3. The van der Waals surface area contributed by atoms with E-state index in [4.69, 9.17) is 16.6 Å². The number of anilines is 1. The van der Waals surface area contributed by atoms with Gasteiger partial charge in [-0.25, -0.2) is 4.68 Å². The first-order valence-corrected chi connectivity index (χ1v) is 9.59. The number of aromatic nitrogens is 3. The molecule has 140 valence electrons. The summed E-state index contributed by atoms with van der Waals surface area (Å²) < 4.78 is 1.82. The Labute approximate surface area is 158 Å². The molecule has 27 heavy (non-hydrogen) atoms. The fourth-order valence-corrected chi connectivity index (χ4v) is 4.03. The number of nitrogens with zero attached hydrogens (tertiary/aromatic N) is 3. The van der Waals surface area contributed by atoms with Crippen LogP contribution in [-0.2, 0) is 0 Å². The molecule has 0 saturated heterocycles. The van der Waals surface area contributed by atoms with Crippen molar-refractivity contribution in [1.29, 1.82) is 0 Å². The molecule has 2 heterocycles. The van der Waals surface area contributed by atoms with Crippen molar-refractivity contribution < 1.29 is 4.79 Å². The summed E-state index contributed by atoms with van der Waals surface area (Å²) in [5.41, 5.74) is 15.7. The quantitative estimate of drug-likeness (QED) is 0.687. The van der Waals surface area contributed by atoms with Crippen molar-refractivity contribution in [3.63, 3.8) is 0 Å². The second kappa shape index (κ2) is 7.02. The lowest BCUT2D eigenvalue weighted by atomic mass is 10.1. The van der Waals surface area contributed by atoms with Crippen LogP contribution in [0.25, 0.3) is 22.2 Å². The summed E-state index contributed by atoms with van der Waals surface area (Å²) in [5.74, 6) is -0.181. The fourth-order valence-electron chi connectivity index (χ4n) is 4.03. The second-order valence-electron chi connectivity index (χ2n) is 7.48. The van der Waals surface area contributed by atoms with Gasteiger partial charge in [-0.2, -0.15) is 5.10 Å². The van der Waals surface area contributed by atoms with Gasteiger partial charge in [-0.05, 0) is 37.5 Å². The minimum Gasteiger partial charge on any atom is -0.383 e. The molecule has 0 spiro atoms. The first-order valence-electron chi connectivity index (χ1n) is 9.59. The van der Waals surface area contributed by atoms with Crippen LogP contribution < -0.4 is 11.5 Å². The molecule has 1 aliphatic carbocycles. The standard InChI is InChI=1S/C21H25N5O/c1-13-8-9-14-11-15(12-24-17(14)10-13)19-18(21(23)27)20(22)26(25-19)16-6-4-2-3-5-7-16/h8-12,16H,2-7,22H2,1H3,(H2,23,27). The second-order valence-corrected chi connectivity index (χ2v) is 7.48. The molecule has 1 aromatic carbocycles. The molecule has 0 aliphatic heterocycles. The molecule has 0 atom stereocenters. The van der Waals surface area contributed by atoms with E-state index in [1.54, 1.807) is 6.20 Å². The number of benzene rings is 1. The topological polar surface area (TPSA) is 99.8 Å². The van der Waals surface area contributed by atoms with Gasteiger partial charge in [0.25, 0.3) is 5.91 Å². The van der Waals surface area contributed by atoms with E-state index in [9.17, 15) is 4.79 Å². The van der Waals surface area contributed by atoms with E-state index < -0.39 is 5.91 Å². The Kier molecular flexibility index (Phi) is 4.56. The first kappa shape index (κ1) is 17.5. The zero-order chi connectivity index (χ0) is 19.0. The zero-order valence-electron chi connectivity index (χ0n) is 15.6. The van der Waals surface area contributed by atoms with Gasteiger partial charge in [0.05, 0.1) is 11.6 Å². The highest BCUT2D eigenvalue weighted by Gasteiger charge is 2.26. The highest BCUT2D eigenvalue weighted by Crippen LogP contribution is 2.34. The fraction of sp³-hybridized carbons (Fsp3) is 0.381. The van der Waals surface area contributed by atoms with Gasteiger partial charge in [0.2, 0.25) is 0 Å². The minimum absolute atomic E-state index is 0.218. The molecule has 4 rings (SSSR count). The van der Waals surface area contributed by atoms with E-state index in [1.807, 2.05) is 35.9 Å². The third kappa shape index (κ3) is 3.27. The van der Waals surface area contributed by atoms with E-state index in [0.717, 1.165) is 47.7 Å². The number of aryl methyl sites for hydroxylation is 1. The molecule has 2 aromatic heterocycles. The lowest BCUT2D eigenvalue weighted by Crippen LogP contribution is -2.16. The SMILES string of the molecule is Cc1ccc2cc(-c3nn(C4CCCCCC4)c(N)c3C(N)=O)cnc2c1. The van der Waals surface area contributed by atoms with Crippen LogP contribution in [0.4, 0.5) is 5.82 Å². The number of nitrogens with two attached hydrogens (primary N) is 2. The zero-order valence-corrected chi connectivity index (χ0v) is 15.6. The minimum atomic E-state index is -0.550. The van der Waals surface area contributed by atoms with Gasteiger partial charge in [-0.15, -0.1) is 0 Å². The third-order valence-electron chi connectivity index (χ3n) is 5.48. The number of hydrogen-bond donors (Lipinski definition) is 2. The number of fused-ring (bicyclic) bond motifs is 1. The van der Waals surface area contributed by atoms with Gasteiger partial charge in [-0.1, -0.05) is 37.8 Å². The van der Waals surface area contributed by atoms with Crippen molar-refractivity contribution in [2.24, 2.45) is 5.73 Å². The summed E-state index contributed by atoms with van der Waals surface area (Å²) in [5, 5.41) is 5.74. The van der Waals surface area contributed by atoms with Crippen LogP contribution in [0.5, 0.6) is 0 Å². The van der Waals surface area contributed by atoms with Crippen molar-refractivity contribution in [3.05, 3.63) is 41.6 Å². The van der Waals surface area contributed by atoms with Crippen LogP contribution in [0.1, 0.15) is 60.5 Å². The van der Waals surface area contributed by atoms with E-state index in [2.05, 4.69) is 4.98 Å². The normalized spacial score (nSPS) is 15.7. The smallest absolute Gasteiger partial charge is 0.254 e. The van der Waals surface area contributed by atoms with Crippen molar-refractivity contribution in [2.75, 3.05) is 5.73 Å². The van der Waals surface area contributed by atoms with Crippen LogP contribution in [-0.4, -0.2) is 20.7 Å². The first-order chi connectivity index (χ1) is 13.0. The Balaban J connectivity index is 1.83. The lowest BCUT2D eigenvalue weighted by molar-refractivity contribution is 0.100. The number of nitrogen functional groups attached to an aromatic ring is 1. The van der Waals surface area contributed by atoms with Gasteiger partial charge in [0.15, 0.2) is 0 Å². The molecule has 1 amide bonds. The molecule has 6 heteroatoms. The predicted octanol–water partition coefficient (Wildman–Crippen LogP) is 3.98. The van der Waals surface area contributed by atoms with Crippen molar-refractivity contribution in [1.82, 2.24) is 14.8 Å². The van der Waals surface area contributed by atoms with E-state index in [0.29, 0.717) is 17.1 Å². The van der Waals surface area contributed by atoms with Crippen LogP contribution in [0.2, 0.25) is 0 Å². The summed E-state index contributed by atoms with van der Waals surface area (Å²) >= 11 is 0. The van der Waals surface area contributed by atoms with Gasteiger partial charge in [0.1, 0.15) is 17.1 Å². The van der Waals surface area contributed by atoms with Crippen LogP contribution in [0, 0.1) is 6.92 Å². The summed E-state index contributed by atoms with van der Waals surface area (Å²) in [6.07, 6.45) is 8.58. The van der Waals surface area contributed by atoms with Crippen LogP contribution in [0.15, 0.2) is 30.5 Å². The summed E-state index contributed by atoms with van der Waals surface area (Å²) in [7, 11) is 0. The Morgan fingerprint density at radius 1 is 1.15 bits per heavy atom. The highest BCUT2D eigenvalue weighted by molar-refractivity contribution is 6.03. The summed E-state index contributed by atoms with van der Waals surface area (Å²) in [6.45, 7) is 2.04. The molecule has 0 bridgehead atoms. The Morgan fingerprint density at radius 2 is 1.89 bits per heavy atom. The van der Waals surface area contributed by atoms with Gasteiger partial charge >= 0.3 is 0 Å².